The van der Waals surface area contributed by atoms with Gasteiger partial charge in [0.2, 0.25) is 0 Å². The fourth-order valence-electron chi connectivity index (χ4n) is 8.50. The van der Waals surface area contributed by atoms with E-state index < -0.39 is 0 Å². The Bertz CT molecular complexity index is 630. The van der Waals surface area contributed by atoms with Crippen molar-refractivity contribution in [3.63, 3.8) is 0 Å². The van der Waals surface area contributed by atoms with Crippen LogP contribution in [0.2, 0.25) is 0 Å². The molecule has 3 saturated carbocycles. The summed E-state index contributed by atoms with van der Waals surface area (Å²) in [5.74, 6) is 5.82. The van der Waals surface area contributed by atoms with E-state index in [2.05, 4.69) is 40.7 Å². The van der Waals surface area contributed by atoms with Crippen LogP contribution in [0.3, 0.4) is 0 Å². The zero-order chi connectivity index (χ0) is 20.1. The lowest BCUT2D eigenvalue weighted by molar-refractivity contribution is -0.122. The third kappa shape index (κ3) is 3.33. The molecule has 4 aliphatic carbocycles. The van der Waals surface area contributed by atoms with Crippen LogP contribution >= 0.6 is 0 Å². The molecule has 0 amide bonds. The first-order chi connectivity index (χ1) is 13.3. The molecule has 4 aliphatic rings. The van der Waals surface area contributed by atoms with Gasteiger partial charge in [0, 0.05) is 12.8 Å². The molecule has 28 heavy (non-hydrogen) atoms. The number of ketones is 1. The van der Waals surface area contributed by atoms with Crippen LogP contribution in [-0.4, -0.2) is 5.78 Å². The average Bonchev–Trinajstić information content (AvgIpc) is 2.99. The van der Waals surface area contributed by atoms with E-state index in [1.54, 1.807) is 0 Å². The summed E-state index contributed by atoms with van der Waals surface area (Å²) in [6.45, 7) is 12.5. The second-order valence-electron chi connectivity index (χ2n) is 12.0. The molecule has 4 rings (SSSR count). The van der Waals surface area contributed by atoms with E-state index in [0.29, 0.717) is 16.6 Å². The Balaban J connectivity index is 1.50. The minimum absolute atomic E-state index is 0.332. The Morgan fingerprint density at radius 1 is 1.04 bits per heavy atom. The molecule has 0 saturated heterocycles. The number of hydrogen-bond donors (Lipinski definition) is 0. The fraction of sp³-hybridized carbons (Fsp3) is 0.889. The lowest BCUT2D eigenvalue weighted by atomic mass is 9.47. The second-order valence-corrected chi connectivity index (χ2v) is 12.0. The molecule has 7 atom stereocenters. The largest absolute Gasteiger partial charge is 0.299 e. The lowest BCUT2D eigenvalue weighted by Crippen LogP contribution is -2.50. The molecule has 1 nitrogen and oxygen atoms in total. The number of carbonyl (C=O) groups is 1. The molecule has 158 valence electrons. The quantitative estimate of drug-likeness (QED) is 0.446. The molecule has 0 bridgehead atoms. The summed E-state index contributed by atoms with van der Waals surface area (Å²) in [6, 6.07) is 0. The van der Waals surface area contributed by atoms with Gasteiger partial charge < -0.3 is 0 Å². The van der Waals surface area contributed by atoms with Gasteiger partial charge >= 0.3 is 0 Å². The van der Waals surface area contributed by atoms with Crippen molar-refractivity contribution in [3.05, 3.63) is 11.6 Å². The summed E-state index contributed by atoms with van der Waals surface area (Å²) in [4.78, 5) is 12.1. The summed E-state index contributed by atoms with van der Waals surface area (Å²) >= 11 is 0. The van der Waals surface area contributed by atoms with Gasteiger partial charge in [-0.1, -0.05) is 65.5 Å². The number of Topliss-reactive ketones (excluding diaryl/α,β-unsaturated/α-hetero) is 1. The van der Waals surface area contributed by atoms with E-state index >= 15 is 0 Å². The molecule has 1 unspecified atom stereocenters. The van der Waals surface area contributed by atoms with Gasteiger partial charge in [0.25, 0.3) is 0 Å². The van der Waals surface area contributed by atoms with Crippen LogP contribution < -0.4 is 0 Å². The number of carbonyl (C=O) groups excluding carboxylic acids is 1. The van der Waals surface area contributed by atoms with Crippen molar-refractivity contribution in [1.29, 1.82) is 0 Å². The fourth-order valence-corrected chi connectivity index (χ4v) is 8.50. The zero-order valence-corrected chi connectivity index (χ0v) is 19.2. The molecule has 3 fully saturated rings. The highest BCUT2D eigenvalue weighted by atomic mass is 16.1. The smallest absolute Gasteiger partial charge is 0.136 e. The van der Waals surface area contributed by atoms with E-state index in [1.807, 2.05) is 0 Å². The maximum absolute atomic E-state index is 12.1. The normalized spacial score (nSPS) is 43.9. The lowest BCUT2D eigenvalue weighted by Gasteiger charge is -2.58. The minimum Gasteiger partial charge on any atom is -0.299 e. The molecule has 0 radical (unpaired) electrons. The van der Waals surface area contributed by atoms with E-state index in [9.17, 15) is 4.79 Å². The van der Waals surface area contributed by atoms with Crippen LogP contribution in [-0.2, 0) is 4.79 Å². The van der Waals surface area contributed by atoms with Gasteiger partial charge in [0.1, 0.15) is 5.78 Å². The molecule has 0 aromatic carbocycles. The number of allylic oxidation sites excluding steroid dienone is 2. The van der Waals surface area contributed by atoms with Gasteiger partial charge in [-0.2, -0.15) is 0 Å². The summed E-state index contributed by atoms with van der Waals surface area (Å²) < 4.78 is 0. The van der Waals surface area contributed by atoms with Gasteiger partial charge in [0.15, 0.2) is 0 Å². The maximum Gasteiger partial charge on any atom is 0.136 e. The Morgan fingerprint density at radius 3 is 2.57 bits per heavy atom. The SMILES string of the molecule is CC(C)CCC[C@@H](C)[C@H]1CC[C@H]2C3CC=C4CC(=O)CC[C@]4(C)[C@H]3CC[C@]12C. The first-order valence-electron chi connectivity index (χ1n) is 12.5. The molecule has 0 aromatic heterocycles. The summed E-state index contributed by atoms with van der Waals surface area (Å²) in [5, 5.41) is 0. The molecule has 0 heterocycles. The van der Waals surface area contributed by atoms with Crippen molar-refractivity contribution < 1.29 is 4.79 Å². The number of rotatable bonds is 5. The highest BCUT2D eigenvalue weighted by Crippen LogP contribution is 2.67. The Kier molecular flexibility index (Phi) is 5.60. The van der Waals surface area contributed by atoms with Gasteiger partial charge in [-0.25, -0.2) is 0 Å². The van der Waals surface area contributed by atoms with Gasteiger partial charge in [0.05, 0.1) is 0 Å². The minimum atomic E-state index is 0.332. The van der Waals surface area contributed by atoms with Crippen molar-refractivity contribution in [1.82, 2.24) is 0 Å². The highest BCUT2D eigenvalue weighted by molar-refractivity contribution is 5.82. The summed E-state index contributed by atoms with van der Waals surface area (Å²) in [7, 11) is 0. The molecular weight excluding hydrogens is 340 g/mol. The zero-order valence-electron chi connectivity index (χ0n) is 19.2. The van der Waals surface area contributed by atoms with Crippen LogP contribution in [0, 0.1) is 46.3 Å². The first-order valence-corrected chi connectivity index (χ1v) is 12.5. The Morgan fingerprint density at radius 2 is 1.82 bits per heavy atom. The van der Waals surface area contributed by atoms with Crippen LogP contribution in [0.5, 0.6) is 0 Å². The van der Waals surface area contributed by atoms with Crippen LogP contribution in [0.25, 0.3) is 0 Å². The monoisotopic (exact) mass is 384 g/mol. The Hall–Kier alpha value is -0.590. The molecule has 0 N–H and O–H groups in total. The number of fused-ring (bicyclic) bond motifs is 5. The van der Waals surface area contributed by atoms with Crippen LogP contribution in [0.1, 0.15) is 105 Å². The molecule has 1 heteroatoms. The molecule has 0 spiro atoms. The predicted octanol–water partition coefficient (Wildman–Crippen LogP) is 7.60. The molecule has 0 aliphatic heterocycles. The number of hydrogen-bond acceptors (Lipinski definition) is 1. The third-order valence-corrected chi connectivity index (χ3v) is 10.1. The van der Waals surface area contributed by atoms with Crippen LogP contribution in [0.4, 0.5) is 0 Å². The molecule has 0 aromatic rings. The van der Waals surface area contributed by atoms with Crippen molar-refractivity contribution in [2.24, 2.45) is 46.3 Å². The standard InChI is InChI=1S/C27H44O/c1-18(2)7-6-8-19(3)23-11-12-24-22-10-9-20-17-21(28)13-15-26(20,4)25(22)14-16-27(23,24)5/h9,18-19,22-25H,6-8,10-17H2,1-5H3/t19-,22?,23-,24+,25+,26+,27-/m1/s1. The summed E-state index contributed by atoms with van der Waals surface area (Å²) in [6.07, 6.45) is 16.5. The van der Waals surface area contributed by atoms with Crippen molar-refractivity contribution in [2.75, 3.05) is 0 Å². The summed E-state index contributed by atoms with van der Waals surface area (Å²) in [5.41, 5.74) is 2.43. The molecular formula is C27H44O. The van der Waals surface area contributed by atoms with Gasteiger partial charge in [-0.15, -0.1) is 0 Å². The van der Waals surface area contributed by atoms with Gasteiger partial charge in [-0.05, 0) is 84.9 Å². The van der Waals surface area contributed by atoms with Crippen LogP contribution in [0.15, 0.2) is 11.6 Å². The predicted molar refractivity (Wildman–Crippen MR) is 118 cm³/mol. The first kappa shape index (κ1) is 20.7. The van der Waals surface area contributed by atoms with E-state index in [-0.39, 0.29) is 0 Å². The van der Waals surface area contributed by atoms with E-state index in [4.69, 9.17) is 0 Å². The van der Waals surface area contributed by atoms with Crippen molar-refractivity contribution >= 4 is 5.78 Å². The van der Waals surface area contributed by atoms with E-state index in [0.717, 1.165) is 54.8 Å². The average molecular weight is 385 g/mol. The second kappa shape index (κ2) is 7.59. The Labute approximate surface area is 174 Å². The van der Waals surface area contributed by atoms with Gasteiger partial charge in [-0.3, -0.25) is 4.79 Å². The van der Waals surface area contributed by atoms with Crippen molar-refractivity contribution in [3.8, 4) is 0 Å². The van der Waals surface area contributed by atoms with E-state index in [1.165, 1.54) is 56.9 Å². The van der Waals surface area contributed by atoms with Crippen molar-refractivity contribution in [2.45, 2.75) is 105 Å². The topological polar surface area (TPSA) is 17.1 Å². The third-order valence-electron chi connectivity index (χ3n) is 10.1. The maximum atomic E-state index is 12.1. The highest BCUT2D eigenvalue weighted by Gasteiger charge is 2.59.